The Bertz CT molecular complexity index is 966. The molecule has 30 heavy (non-hydrogen) atoms. The lowest BCUT2D eigenvalue weighted by Crippen LogP contribution is -2.49. The zero-order valence-corrected chi connectivity index (χ0v) is 17.6. The number of aryl methyl sites for hydroxylation is 1. The van der Waals surface area contributed by atoms with Crippen molar-refractivity contribution in [1.29, 1.82) is 0 Å². The van der Waals surface area contributed by atoms with E-state index in [1.54, 1.807) is 19.3 Å². The molecule has 0 saturated heterocycles. The van der Waals surface area contributed by atoms with Gasteiger partial charge in [0.15, 0.2) is 0 Å². The summed E-state index contributed by atoms with van der Waals surface area (Å²) in [6.07, 6.45) is 3.21. The van der Waals surface area contributed by atoms with Crippen molar-refractivity contribution in [2.75, 3.05) is 25.6 Å². The first kappa shape index (κ1) is 21.2. The topological polar surface area (TPSA) is 61.9 Å². The number of hydrogen-bond acceptors (Lipinski definition) is 4. The van der Waals surface area contributed by atoms with Crippen LogP contribution in [0.1, 0.15) is 11.1 Å². The van der Waals surface area contributed by atoms with E-state index in [1.807, 2.05) is 37.1 Å². The first-order chi connectivity index (χ1) is 14.4. The van der Waals surface area contributed by atoms with Crippen LogP contribution in [0.5, 0.6) is 5.75 Å². The van der Waals surface area contributed by atoms with E-state index in [-0.39, 0.29) is 18.4 Å². The number of anilines is 1. The molecule has 2 amide bonds. The van der Waals surface area contributed by atoms with Gasteiger partial charge in [0.25, 0.3) is 11.8 Å². The van der Waals surface area contributed by atoms with Crippen LogP contribution < -0.4 is 15.0 Å². The van der Waals surface area contributed by atoms with Crippen molar-refractivity contribution in [1.82, 2.24) is 10.2 Å². The molecule has 1 aliphatic heterocycles. The number of carbonyl (C=O) groups excluding carboxylic acids is 2. The Kier molecular flexibility index (Phi) is 6.57. The quantitative estimate of drug-likeness (QED) is 0.593. The van der Waals surface area contributed by atoms with Crippen molar-refractivity contribution in [2.45, 2.75) is 19.5 Å². The number of fused-ring (bicyclic) bond motifs is 1. The summed E-state index contributed by atoms with van der Waals surface area (Å²) < 4.78 is 5.75. The van der Waals surface area contributed by atoms with Gasteiger partial charge in [0, 0.05) is 26.8 Å². The minimum Gasteiger partial charge on any atom is -0.489 e. The summed E-state index contributed by atoms with van der Waals surface area (Å²) in [7, 11) is 3.57. The molecule has 0 unspecified atom stereocenters. The second-order valence-electron chi connectivity index (χ2n) is 7.39. The van der Waals surface area contributed by atoms with E-state index in [9.17, 15) is 9.59 Å². The van der Waals surface area contributed by atoms with E-state index in [0.29, 0.717) is 23.6 Å². The number of likely N-dealkylation sites (N-methyl/N-ethyl adjacent to an activating group) is 1. The van der Waals surface area contributed by atoms with Crippen LogP contribution >= 0.6 is 0 Å². The number of nitrogens with one attached hydrogen (secondary N) is 1. The number of ether oxygens (including phenoxy) is 1. The highest BCUT2D eigenvalue weighted by atomic mass is 16.5. The molecule has 1 N–H and O–H groups in total. The van der Waals surface area contributed by atoms with Gasteiger partial charge in [-0.2, -0.15) is 0 Å². The number of benzene rings is 2. The average Bonchev–Trinajstić information content (AvgIpc) is 2.86. The Hall–Kier alpha value is -3.54. The lowest BCUT2D eigenvalue weighted by Gasteiger charge is -2.21. The summed E-state index contributed by atoms with van der Waals surface area (Å²) in [5.41, 5.74) is 3.39. The summed E-state index contributed by atoms with van der Waals surface area (Å²) in [5.74, 6) is 0.00852. The van der Waals surface area contributed by atoms with Crippen molar-refractivity contribution in [2.24, 2.45) is 0 Å². The van der Waals surface area contributed by atoms with E-state index >= 15 is 0 Å². The third kappa shape index (κ3) is 4.89. The fraction of sp³-hybridized carbons (Fsp3) is 0.250. The lowest BCUT2D eigenvalue weighted by atomic mass is 10.1. The molecule has 0 spiro atoms. The standard InChI is InChI=1S/C24H27N3O3/c1-5-19(15-26(3)14-18-12-10-17(2)11-13-18)23(28)25-20-16-30-22-9-7-6-8-21(22)27(4)24(20)29/h5-13,15,20H,1,14,16H2,2-4H3,(H,25,28)/b19-15+/t20-/m0/s1. The molecule has 0 aliphatic carbocycles. The Morgan fingerprint density at radius 2 is 1.97 bits per heavy atom. The maximum atomic E-state index is 12.8. The summed E-state index contributed by atoms with van der Waals surface area (Å²) >= 11 is 0. The third-order valence-electron chi connectivity index (χ3n) is 4.96. The van der Waals surface area contributed by atoms with Gasteiger partial charge in [-0.1, -0.05) is 54.6 Å². The third-order valence-corrected chi connectivity index (χ3v) is 4.96. The van der Waals surface area contributed by atoms with Crippen LogP contribution in [0.2, 0.25) is 0 Å². The number of hydrogen-bond donors (Lipinski definition) is 1. The van der Waals surface area contributed by atoms with Crippen LogP contribution in [0.4, 0.5) is 5.69 Å². The van der Waals surface area contributed by atoms with Crippen LogP contribution in [-0.4, -0.2) is 43.5 Å². The highest BCUT2D eigenvalue weighted by molar-refractivity contribution is 6.03. The monoisotopic (exact) mass is 405 g/mol. The van der Waals surface area contributed by atoms with E-state index in [0.717, 1.165) is 5.56 Å². The van der Waals surface area contributed by atoms with Gasteiger partial charge in [0.2, 0.25) is 0 Å². The number of rotatable bonds is 6. The van der Waals surface area contributed by atoms with Gasteiger partial charge >= 0.3 is 0 Å². The molecule has 3 rings (SSSR count). The van der Waals surface area contributed by atoms with Gasteiger partial charge in [0.1, 0.15) is 18.4 Å². The molecule has 0 bridgehead atoms. The van der Waals surface area contributed by atoms with Crippen LogP contribution in [-0.2, 0) is 16.1 Å². The predicted molar refractivity (Wildman–Crippen MR) is 118 cm³/mol. The Morgan fingerprint density at radius 3 is 2.67 bits per heavy atom. The van der Waals surface area contributed by atoms with Crippen molar-refractivity contribution < 1.29 is 14.3 Å². The molecule has 2 aromatic rings. The van der Waals surface area contributed by atoms with E-state index < -0.39 is 6.04 Å². The van der Waals surface area contributed by atoms with Gasteiger partial charge in [0.05, 0.1) is 11.3 Å². The summed E-state index contributed by atoms with van der Waals surface area (Å²) in [5, 5.41) is 2.78. The minimum absolute atomic E-state index is 0.0650. The Labute approximate surface area is 177 Å². The minimum atomic E-state index is -0.791. The molecule has 1 atom stereocenters. The van der Waals surface area contributed by atoms with E-state index in [1.165, 1.54) is 16.5 Å². The zero-order valence-electron chi connectivity index (χ0n) is 17.6. The molecule has 0 saturated carbocycles. The molecule has 0 fully saturated rings. The van der Waals surface area contributed by atoms with Crippen molar-refractivity contribution in [3.63, 3.8) is 0 Å². The van der Waals surface area contributed by atoms with Crippen molar-refractivity contribution in [3.05, 3.63) is 84.1 Å². The van der Waals surface area contributed by atoms with Gasteiger partial charge < -0.3 is 19.9 Å². The predicted octanol–water partition coefficient (Wildman–Crippen LogP) is 3.04. The van der Waals surface area contributed by atoms with Gasteiger partial charge in [-0.3, -0.25) is 9.59 Å². The molecule has 6 nitrogen and oxygen atoms in total. The van der Waals surface area contributed by atoms with Gasteiger partial charge in [-0.25, -0.2) is 0 Å². The van der Waals surface area contributed by atoms with Gasteiger partial charge in [-0.15, -0.1) is 0 Å². The molecule has 1 aliphatic rings. The summed E-state index contributed by atoms with van der Waals surface area (Å²) in [6.45, 7) is 6.51. The molecule has 2 aromatic carbocycles. The SMILES string of the molecule is C=C/C(=C\N(C)Cc1ccc(C)cc1)C(=O)N[C@H]1COc2ccccc2N(C)C1=O. The highest BCUT2D eigenvalue weighted by Gasteiger charge is 2.30. The molecule has 0 radical (unpaired) electrons. The molecule has 156 valence electrons. The second kappa shape index (κ2) is 9.31. The molecular weight excluding hydrogens is 378 g/mol. The fourth-order valence-corrected chi connectivity index (χ4v) is 3.27. The summed E-state index contributed by atoms with van der Waals surface area (Å²) in [4.78, 5) is 29.0. The number of nitrogens with zero attached hydrogens (tertiary/aromatic N) is 2. The normalized spacial score (nSPS) is 16.2. The summed E-state index contributed by atoms with van der Waals surface area (Å²) in [6, 6.07) is 14.7. The number of amides is 2. The number of carbonyl (C=O) groups is 2. The molecular formula is C24H27N3O3. The molecule has 1 heterocycles. The Balaban J connectivity index is 1.68. The zero-order chi connectivity index (χ0) is 21.7. The largest absolute Gasteiger partial charge is 0.489 e. The fourth-order valence-electron chi connectivity index (χ4n) is 3.27. The van der Waals surface area contributed by atoms with Crippen molar-refractivity contribution in [3.8, 4) is 5.75 Å². The highest BCUT2D eigenvalue weighted by Crippen LogP contribution is 2.29. The maximum absolute atomic E-state index is 12.8. The first-order valence-electron chi connectivity index (χ1n) is 9.79. The van der Waals surface area contributed by atoms with Crippen LogP contribution in [0, 0.1) is 6.92 Å². The van der Waals surface area contributed by atoms with Crippen LogP contribution in [0.25, 0.3) is 0 Å². The van der Waals surface area contributed by atoms with E-state index in [2.05, 4.69) is 36.2 Å². The van der Waals surface area contributed by atoms with E-state index in [4.69, 9.17) is 4.74 Å². The average molecular weight is 405 g/mol. The van der Waals surface area contributed by atoms with Crippen LogP contribution in [0.15, 0.2) is 73.0 Å². The number of para-hydroxylation sites is 2. The first-order valence-corrected chi connectivity index (χ1v) is 9.79. The van der Waals surface area contributed by atoms with Crippen LogP contribution in [0.3, 0.4) is 0 Å². The van der Waals surface area contributed by atoms with Crippen molar-refractivity contribution >= 4 is 17.5 Å². The molecule has 6 heteroatoms. The maximum Gasteiger partial charge on any atom is 0.253 e. The molecule has 0 aromatic heterocycles. The Morgan fingerprint density at radius 1 is 1.27 bits per heavy atom. The smallest absolute Gasteiger partial charge is 0.253 e. The van der Waals surface area contributed by atoms with Gasteiger partial charge in [-0.05, 0) is 24.6 Å². The lowest BCUT2D eigenvalue weighted by molar-refractivity contribution is -0.125. The second-order valence-corrected chi connectivity index (χ2v) is 7.39.